The van der Waals surface area contributed by atoms with Crippen LogP contribution in [0.3, 0.4) is 0 Å². The Morgan fingerprint density at radius 2 is 1.83 bits per heavy atom. The summed E-state index contributed by atoms with van der Waals surface area (Å²) in [5.41, 5.74) is 5.70. The van der Waals surface area contributed by atoms with E-state index < -0.39 is 11.4 Å². The van der Waals surface area contributed by atoms with Crippen LogP contribution in [-0.4, -0.2) is 29.4 Å². The van der Waals surface area contributed by atoms with Gasteiger partial charge in [-0.1, -0.05) is 31.0 Å². The van der Waals surface area contributed by atoms with E-state index in [1.54, 1.807) is 18.2 Å². The highest BCUT2D eigenvalue weighted by atomic mass is 16.4. The van der Waals surface area contributed by atoms with Gasteiger partial charge in [-0.3, -0.25) is 9.59 Å². The number of aromatic carboxylic acids is 1. The number of carboxylic acids is 1. The zero-order chi connectivity index (χ0) is 16.9. The molecule has 2 amide bonds. The second-order valence-electron chi connectivity index (χ2n) is 6.09. The monoisotopic (exact) mass is 318 g/mol. The number of carboxylic acid groups (broad SMARTS) is 1. The van der Waals surface area contributed by atoms with E-state index in [0.29, 0.717) is 24.8 Å². The molecule has 0 aliphatic heterocycles. The van der Waals surface area contributed by atoms with Crippen molar-refractivity contribution in [3.05, 3.63) is 35.4 Å². The van der Waals surface area contributed by atoms with Crippen LogP contribution in [0.25, 0.3) is 0 Å². The smallest absolute Gasteiger partial charge is 0.335 e. The SMILES string of the molecule is NC(=O)C1(CNC(=O)CCc2ccccc2C(=O)O)CCCC1. The first kappa shape index (κ1) is 17.0. The van der Waals surface area contributed by atoms with Crippen LogP contribution in [0.1, 0.15) is 48.0 Å². The number of rotatable bonds is 7. The van der Waals surface area contributed by atoms with E-state index in [-0.39, 0.29) is 30.3 Å². The minimum Gasteiger partial charge on any atom is -0.478 e. The first-order valence-electron chi connectivity index (χ1n) is 7.82. The van der Waals surface area contributed by atoms with Gasteiger partial charge in [-0.25, -0.2) is 4.79 Å². The molecule has 1 saturated carbocycles. The number of primary amides is 1. The third-order valence-electron chi connectivity index (χ3n) is 4.58. The molecule has 1 aromatic carbocycles. The standard InChI is InChI=1S/C17H22N2O4/c18-16(23)17(9-3-4-10-17)11-19-14(20)8-7-12-5-1-2-6-13(12)15(21)22/h1-2,5-6H,3-4,7-11H2,(H2,18,23)(H,19,20)(H,21,22). The lowest BCUT2D eigenvalue weighted by Crippen LogP contribution is -2.44. The van der Waals surface area contributed by atoms with Gasteiger partial charge in [0.1, 0.15) is 0 Å². The highest BCUT2D eigenvalue weighted by molar-refractivity contribution is 5.89. The van der Waals surface area contributed by atoms with Gasteiger partial charge in [0.2, 0.25) is 11.8 Å². The summed E-state index contributed by atoms with van der Waals surface area (Å²) in [4.78, 5) is 34.8. The van der Waals surface area contributed by atoms with E-state index in [4.69, 9.17) is 10.8 Å². The van der Waals surface area contributed by atoms with Gasteiger partial charge >= 0.3 is 5.97 Å². The van der Waals surface area contributed by atoms with Gasteiger partial charge in [0.15, 0.2) is 0 Å². The van der Waals surface area contributed by atoms with E-state index in [2.05, 4.69) is 5.32 Å². The summed E-state index contributed by atoms with van der Waals surface area (Å²) in [6.07, 6.45) is 3.85. The lowest BCUT2D eigenvalue weighted by atomic mass is 9.85. The van der Waals surface area contributed by atoms with Gasteiger partial charge in [-0.15, -0.1) is 0 Å². The number of carbonyl (C=O) groups excluding carboxylic acids is 2. The van der Waals surface area contributed by atoms with Crippen LogP contribution in [0, 0.1) is 5.41 Å². The summed E-state index contributed by atoms with van der Waals surface area (Å²) in [6.45, 7) is 0.266. The molecule has 23 heavy (non-hydrogen) atoms. The fraction of sp³-hybridized carbons (Fsp3) is 0.471. The van der Waals surface area contributed by atoms with E-state index in [9.17, 15) is 14.4 Å². The Morgan fingerprint density at radius 1 is 1.17 bits per heavy atom. The van der Waals surface area contributed by atoms with Crippen molar-refractivity contribution in [2.75, 3.05) is 6.54 Å². The Bertz CT molecular complexity index is 606. The first-order chi connectivity index (χ1) is 10.9. The molecule has 1 aromatic rings. The van der Waals surface area contributed by atoms with Gasteiger partial charge in [0.25, 0.3) is 0 Å². The third kappa shape index (κ3) is 4.09. The molecule has 0 unspecified atom stereocenters. The van der Waals surface area contributed by atoms with Crippen LogP contribution >= 0.6 is 0 Å². The Balaban J connectivity index is 1.89. The Morgan fingerprint density at radius 3 is 2.43 bits per heavy atom. The van der Waals surface area contributed by atoms with E-state index in [1.807, 2.05) is 0 Å². The number of hydrogen-bond acceptors (Lipinski definition) is 3. The number of benzene rings is 1. The van der Waals surface area contributed by atoms with E-state index >= 15 is 0 Å². The average molecular weight is 318 g/mol. The maximum absolute atomic E-state index is 12.0. The summed E-state index contributed by atoms with van der Waals surface area (Å²) < 4.78 is 0. The van der Waals surface area contributed by atoms with Gasteiger partial charge in [0.05, 0.1) is 11.0 Å². The summed E-state index contributed by atoms with van der Waals surface area (Å²) in [6, 6.07) is 6.64. The largest absolute Gasteiger partial charge is 0.478 e. The minimum absolute atomic E-state index is 0.180. The second kappa shape index (κ2) is 7.26. The topological polar surface area (TPSA) is 109 Å². The fourth-order valence-electron chi connectivity index (χ4n) is 3.11. The van der Waals surface area contributed by atoms with Crippen LogP contribution in [0.15, 0.2) is 24.3 Å². The fourth-order valence-corrected chi connectivity index (χ4v) is 3.11. The van der Waals surface area contributed by atoms with Gasteiger partial charge in [-0.05, 0) is 30.9 Å². The second-order valence-corrected chi connectivity index (χ2v) is 6.09. The molecular weight excluding hydrogens is 296 g/mol. The van der Waals surface area contributed by atoms with Crippen molar-refractivity contribution >= 4 is 17.8 Å². The molecular formula is C17H22N2O4. The first-order valence-corrected chi connectivity index (χ1v) is 7.82. The molecule has 124 valence electrons. The molecule has 4 N–H and O–H groups in total. The summed E-state index contributed by atoms with van der Waals surface area (Å²) in [7, 11) is 0. The highest BCUT2D eigenvalue weighted by Gasteiger charge is 2.39. The predicted molar refractivity (Wildman–Crippen MR) is 84.8 cm³/mol. The van der Waals surface area contributed by atoms with Gasteiger partial charge in [-0.2, -0.15) is 0 Å². The Hall–Kier alpha value is -2.37. The van der Waals surface area contributed by atoms with Crippen LogP contribution < -0.4 is 11.1 Å². The molecule has 2 rings (SSSR count). The molecule has 0 heterocycles. The molecule has 1 fully saturated rings. The van der Waals surface area contributed by atoms with Crippen LogP contribution in [0.2, 0.25) is 0 Å². The number of carbonyl (C=O) groups is 3. The molecule has 0 aromatic heterocycles. The predicted octanol–water partition coefficient (Wildman–Crippen LogP) is 1.48. The van der Waals surface area contributed by atoms with Crippen molar-refractivity contribution in [1.29, 1.82) is 0 Å². The zero-order valence-electron chi connectivity index (χ0n) is 13.0. The number of aryl methyl sites for hydroxylation is 1. The van der Waals surface area contributed by atoms with Crippen LogP contribution in [-0.2, 0) is 16.0 Å². The molecule has 0 saturated heterocycles. The maximum atomic E-state index is 12.0. The van der Waals surface area contributed by atoms with Crippen molar-refractivity contribution in [3.8, 4) is 0 Å². The lowest BCUT2D eigenvalue weighted by molar-refractivity contribution is -0.128. The van der Waals surface area contributed by atoms with E-state index in [0.717, 1.165) is 12.8 Å². The van der Waals surface area contributed by atoms with Crippen molar-refractivity contribution in [1.82, 2.24) is 5.32 Å². The molecule has 0 radical (unpaired) electrons. The Labute approximate surface area is 135 Å². The Kier molecular flexibility index (Phi) is 5.36. The van der Waals surface area contributed by atoms with Crippen LogP contribution in [0.5, 0.6) is 0 Å². The number of nitrogens with two attached hydrogens (primary N) is 1. The van der Waals surface area contributed by atoms with Crippen molar-refractivity contribution in [3.63, 3.8) is 0 Å². The van der Waals surface area contributed by atoms with Gasteiger partial charge in [0, 0.05) is 13.0 Å². The van der Waals surface area contributed by atoms with Crippen molar-refractivity contribution in [2.45, 2.75) is 38.5 Å². The number of amides is 2. The lowest BCUT2D eigenvalue weighted by Gasteiger charge is -2.25. The highest BCUT2D eigenvalue weighted by Crippen LogP contribution is 2.37. The molecule has 0 spiro atoms. The molecule has 1 aliphatic rings. The minimum atomic E-state index is -1.00. The molecule has 1 aliphatic carbocycles. The molecule has 0 atom stereocenters. The summed E-state index contributed by atoms with van der Waals surface area (Å²) in [5.74, 6) is -1.55. The quantitative estimate of drug-likeness (QED) is 0.707. The molecule has 0 bridgehead atoms. The summed E-state index contributed by atoms with van der Waals surface area (Å²) >= 11 is 0. The number of nitrogens with one attached hydrogen (secondary N) is 1. The van der Waals surface area contributed by atoms with E-state index in [1.165, 1.54) is 6.07 Å². The van der Waals surface area contributed by atoms with Crippen molar-refractivity contribution < 1.29 is 19.5 Å². The van der Waals surface area contributed by atoms with Crippen molar-refractivity contribution in [2.24, 2.45) is 11.1 Å². The normalized spacial score (nSPS) is 16.0. The summed E-state index contributed by atoms with van der Waals surface area (Å²) in [5, 5.41) is 11.9. The van der Waals surface area contributed by atoms with Crippen LogP contribution in [0.4, 0.5) is 0 Å². The molecule has 6 nitrogen and oxygen atoms in total. The number of hydrogen-bond donors (Lipinski definition) is 3. The maximum Gasteiger partial charge on any atom is 0.335 e. The molecule has 6 heteroatoms. The average Bonchev–Trinajstić information content (AvgIpc) is 3.01. The zero-order valence-corrected chi connectivity index (χ0v) is 13.0. The third-order valence-corrected chi connectivity index (χ3v) is 4.58. The van der Waals surface area contributed by atoms with Gasteiger partial charge < -0.3 is 16.2 Å².